The van der Waals surface area contributed by atoms with Crippen molar-refractivity contribution in [2.45, 2.75) is 71.9 Å². The Bertz CT molecular complexity index is 396. The topological polar surface area (TPSA) is 34.1 Å². The molecule has 0 spiro atoms. The summed E-state index contributed by atoms with van der Waals surface area (Å²) in [6, 6.07) is 2.38. The first kappa shape index (κ1) is 18.2. The number of pyridine rings is 1. The molecule has 0 saturated carbocycles. The van der Waals surface area contributed by atoms with Crippen LogP contribution in [0, 0.1) is 0 Å². The van der Waals surface area contributed by atoms with Crippen LogP contribution in [0.4, 0.5) is 0 Å². The molecule has 120 valence electrons. The van der Waals surface area contributed by atoms with Crippen LogP contribution in [0.1, 0.15) is 64.9 Å². The van der Waals surface area contributed by atoms with Gasteiger partial charge in [-0.1, -0.05) is 64.5 Å². The van der Waals surface area contributed by atoms with E-state index in [0.29, 0.717) is 23.6 Å². The highest BCUT2D eigenvalue weighted by Gasteiger charge is 2.05. The number of hydrogen-bond donors (Lipinski definition) is 1. The Morgan fingerprint density at radius 3 is 2.57 bits per heavy atom. The molecule has 1 heterocycles. The molecule has 0 atom stereocenters. The fraction of sp³-hybridized carbons (Fsp3) is 0.706. The molecule has 4 heteroatoms. The van der Waals surface area contributed by atoms with Crippen LogP contribution in [-0.2, 0) is 6.54 Å². The molecule has 1 N–H and O–H groups in total. The Hall–Kier alpha value is -0.800. The monoisotopic (exact) mass is 312 g/mol. The van der Waals surface area contributed by atoms with Gasteiger partial charge < -0.3 is 10.1 Å². The SMILES string of the molecule is CCCCCCCCOc1ncc(CNC(C)C)cc1Cl. The Kier molecular flexibility index (Phi) is 9.44. The van der Waals surface area contributed by atoms with Crippen LogP contribution in [0.15, 0.2) is 12.3 Å². The molecule has 0 fully saturated rings. The molecule has 0 aromatic carbocycles. The predicted octanol–water partition coefficient (Wildman–Crippen LogP) is 4.97. The fourth-order valence-corrected chi connectivity index (χ4v) is 2.28. The van der Waals surface area contributed by atoms with Crippen molar-refractivity contribution in [3.63, 3.8) is 0 Å². The van der Waals surface area contributed by atoms with Gasteiger partial charge in [0, 0.05) is 18.8 Å². The van der Waals surface area contributed by atoms with Crippen molar-refractivity contribution in [2.24, 2.45) is 0 Å². The minimum atomic E-state index is 0.451. The van der Waals surface area contributed by atoms with Crippen LogP contribution in [0.2, 0.25) is 5.02 Å². The largest absolute Gasteiger partial charge is 0.477 e. The van der Waals surface area contributed by atoms with Gasteiger partial charge in [-0.15, -0.1) is 0 Å². The maximum Gasteiger partial charge on any atom is 0.232 e. The molecule has 0 unspecified atom stereocenters. The van der Waals surface area contributed by atoms with Gasteiger partial charge in [-0.05, 0) is 18.1 Å². The van der Waals surface area contributed by atoms with Crippen molar-refractivity contribution in [3.8, 4) is 5.88 Å². The maximum atomic E-state index is 6.21. The van der Waals surface area contributed by atoms with E-state index >= 15 is 0 Å². The second-order valence-electron chi connectivity index (χ2n) is 5.78. The summed E-state index contributed by atoms with van der Waals surface area (Å²) < 4.78 is 5.66. The van der Waals surface area contributed by atoms with Crippen LogP contribution >= 0.6 is 11.6 Å². The summed E-state index contributed by atoms with van der Waals surface area (Å²) in [5, 5.41) is 3.95. The number of aromatic nitrogens is 1. The van der Waals surface area contributed by atoms with E-state index in [9.17, 15) is 0 Å². The summed E-state index contributed by atoms with van der Waals surface area (Å²) in [7, 11) is 0. The normalized spacial score (nSPS) is 11.1. The zero-order chi connectivity index (χ0) is 15.5. The summed E-state index contributed by atoms with van der Waals surface area (Å²) in [6.45, 7) is 7.95. The molecule has 0 aliphatic carbocycles. The van der Waals surface area contributed by atoms with Gasteiger partial charge >= 0.3 is 0 Å². The number of nitrogens with zero attached hydrogens (tertiary/aromatic N) is 1. The zero-order valence-corrected chi connectivity index (χ0v) is 14.4. The van der Waals surface area contributed by atoms with Gasteiger partial charge in [0.25, 0.3) is 0 Å². The van der Waals surface area contributed by atoms with Crippen molar-refractivity contribution in [2.75, 3.05) is 6.61 Å². The number of unbranched alkanes of at least 4 members (excludes halogenated alkanes) is 5. The number of nitrogens with one attached hydrogen (secondary N) is 1. The van der Waals surface area contributed by atoms with E-state index in [2.05, 4.69) is 31.1 Å². The average Bonchev–Trinajstić information content (AvgIpc) is 2.46. The minimum absolute atomic E-state index is 0.451. The van der Waals surface area contributed by atoms with E-state index in [1.165, 1.54) is 32.1 Å². The van der Waals surface area contributed by atoms with E-state index < -0.39 is 0 Å². The first-order valence-electron chi connectivity index (χ1n) is 8.14. The molecule has 1 aromatic heterocycles. The molecule has 0 aliphatic rings. The molecule has 0 saturated heterocycles. The maximum absolute atomic E-state index is 6.21. The van der Waals surface area contributed by atoms with E-state index in [1.54, 1.807) is 0 Å². The van der Waals surface area contributed by atoms with E-state index in [4.69, 9.17) is 16.3 Å². The molecule has 0 amide bonds. The molecule has 0 radical (unpaired) electrons. The highest BCUT2D eigenvalue weighted by molar-refractivity contribution is 6.31. The molecule has 0 aliphatic heterocycles. The molecule has 3 nitrogen and oxygen atoms in total. The molecule has 0 bridgehead atoms. The zero-order valence-electron chi connectivity index (χ0n) is 13.6. The van der Waals surface area contributed by atoms with E-state index in [1.807, 2.05) is 12.3 Å². The van der Waals surface area contributed by atoms with Gasteiger partial charge in [-0.3, -0.25) is 0 Å². The van der Waals surface area contributed by atoms with Crippen LogP contribution in [0.5, 0.6) is 5.88 Å². The first-order valence-corrected chi connectivity index (χ1v) is 8.52. The van der Waals surface area contributed by atoms with Crippen LogP contribution in [-0.4, -0.2) is 17.6 Å². The lowest BCUT2D eigenvalue weighted by molar-refractivity contribution is 0.293. The standard InChI is InChI=1S/C17H29ClN2O/c1-4-5-6-7-8-9-10-21-17-16(18)11-15(13-20-17)12-19-14(2)3/h11,13-14,19H,4-10,12H2,1-3H3. The number of rotatable bonds is 11. The summed E-state index contributed by atoms with van der Waals surface area (Å²) in [4.78, 5) is 4.31. The van der Waals surface area contributed by atoms with Crippen molar-refractivity contribution < 1.29 is 4.74 Å². The van der Waals surface area contributed by atoms with Gasteiger partial charge in [0.2, 0.25) is 5.88 Å². The van der Waals surface area contributed by atoms with Crippen molar-refractivity contribution >= 4 is 11.6 Å². The Morgan fingerprint density at radius 2 is 1.90 bits per heavy atom. The lowest BCUT2D eigenvalue weighted by atomic mass is 10.1. The van der Waals surface area contributed by atoms with Gasteiger partial charge in [0.15, 0.2) is 0 Å². The van der Waals surface area contributed by atoms with Crippen LogP contribution in [0.3, 0.4) is 0 Å². The molecule has 1 aromatic rings. The molecule has 1 rings (SSSR count). The number of hydrogen-bond acceptors (Lipinski definition) is 3. The predicted molar refractivity (Wildman–Crippen MR) is 90.1 cm³/mol. The quantitative estimate of drug-likeness (QED) is 0.586. The second-order valence-corrected chi connectivity index (χ2v) is 6.19. The average molecular weight is 313 g/mol. The van der Waals surface area contributed by atoms with Crippen LogP contribution in [0.25, 0.3) is 0 Å². The third kappa shape index (κ3) is 8.27. The number of ether oxygens (including phenoxy) is 1. The lowest BCUT2D eigenvalue weighted by Gasteiger charge is -2.10. The Balaban J connectivity index is 2.26. The summed E-state index contributed by atoms with van der Waals surface area (Å²) in [5.74, 6) is 0.554. The smallest absolute Gasteiger partial charge is 0.232 e. The molecular weight excluding hydrogens is 284 g/mol. The van der Waals surface area contributed by atoms with Crippen LogP contribution < -0.4 is 10.1 Å². The van der Waals surface area contributed by atoms with Gasteiger partial charge in [-0.2, -0.15) is 0 Å². The summed E-state index contributed by atoms with van der Waals surface area (Å²) >= 11 is 6.21. The summed E-state index contributed by atoms with van der Waals surface area (Å²) in [6.07, 6.45) is 9.35. The second kappa shape index (κ2) is 10.9. The molecule has 21 heavy (non-hydrogen) atoms. The van der Waals surface area contributed by atoms with Crippen molar-refractivity contribution in [1.82, 2.24) is 10.3 Å². The van der Waals surface area contributed by atoms with Crippen molar-refractivity contribution in [1.29, 1.82) is 0 Å². The third-order valence-electron chi connectivity index (χ3n) is 3.32. The van der Waals surface area contributed by atoms with Gasteiger partial charge in [0.05, 0.1) is 6.61 Å². The van der Waals surface area contributed by atoms with E-state index in [0.717, 1.165) is 18.5 Å². The lowest BCUT2D eigenvalue weighted by Crippen LogP contribution is -2.21. The van der Waals surface area contributed by atoms with Crippen molar-refractivity contribution in [3.05, 3.63) is 22.8 Å². The minimum Gasteiger partial charge on any atom is -0.477 e. The molecular formula is C17H29ClN2O. The highest BCUT2D eigenvalue weighted by Crippen LogP contribution is 2.22. The summed E-state index contributed by atoms with van der Waals surface area (Å²) in [5.41, 5.74) is 1.08. The van der Waals surface area contributed by atoms with Gasteiger partial charge in [0.1, 0.15) is 5.02 Å². The Morgan fingerprint density at radius 1 is 1.19 bits per heavy atom. The Labute approximate surface area is 134 Å². The first-order chi connectivity index (χ1) is 10.1. The fourth-order valence-electron chi connectivity index (χ4n) is 2.04. The van der Waals surface area contributed by atoms with E-state index in [-0.39, 0.29) is 0 Å². The highest BCUT2D eigenvalue weighted by atomic mass is 35.5. The number of halogens is 1. The third-order valence-corrected chi connectivity index (χ3v) is 3.59. The van der Waals surface area contributed by atoms with Gasteiger partial charge in [-0.25, -0.2) is 4.98 Å².